The van der Waals surface area contributed by atoms with Gasteiger partial charge in [-0.3, -0.25) is 0 Å². The molecule has 1 aromatic carbocycles. The van der Waals surface area contributed by atoms with Crippen LogP contribution in [0.3, 0.4) is 0 Å². The van der Waals surface area contributed by atoms with Gasteiger partial charge in [0.2, 0.25) is 0 Å². The predicted molar refractivity (Wildman–Crippen MR) is 92.6 cm³/mol. The van der Waals surface area contributed by atoms with Crippen molar-refractivity contribution in [2.45, 2.75) is 68.3 Å². The maximum absolute atomic E-state index is 11.5. The number of aromatic carboxylic acids is 1. The normalized spacial score (nSPS) is 22.9. The second-order valence-corrected chi connectivity index (χ2v) is 8.66. The van der Waals surface area contributed by atoms with Gasteiger partial charge in [-0.05, 0) is 58.1 Å². The molecule has 23 heavy (non-hydrogen) atoms. The lowest BCUT2D eigenvalue weighted by Crippen LogP contribution is -2.41. The largest absolute Gasteiger partial charge is 0.494 e. The molecule has 3 rings (SSSR count). The van der Waals surface area contributed by atoms with Crippen molar-refractivity contribution in [3.8, 4) is 0 Å². The minimum Gasteiger partial charge on any atom is -0.478 e. The van der Waals surface area contributed by atoms with Gasteiger partial charge in [-0.1, -0.05) is 12.5 Å². The van der Waals surface area contributed by atoms with Crippen LogP contribution < -0.4 is 5.46 Å². The fourth-order valence-corrected chi connectivity index (χ4v) is 4.02. The fourth-order valence-electron chi connectivity index (χ4n) is 2.61. The van der Waals surface area contributed by atoms with E-state index >= 15 is 0 Å². The molecule has 1 aromatic rings. The van der Waals surface area contributed by atoms with Crippen molar-refractivity contribution in [1.82, 2.24) is 0 Å². The summed E-state index contributed by atoms with van der Waals surface area (Å²) in [4.78, 5) is 12.3. The number of carboxylic acid groups (broad SMARTS) is 1. The summed E-state index contributed by atoms with van der Waals surface area (Å²) in [6.07, 6.45) is 3.55. The third kappa shape index (κ3) is 3.17. The van der Waals surface area contributed by atoms with Crippen molar-refractivity contribution >= 4 is 30.3 Å². The Morgan fingerprint density at radius 2 is 1.83 bits per heavy atom. The molecule has 0 bridgehead atoms. The Bertz CT molecular complexity index is 609. The first-order valence-electron chi connectivity index (χ1n) is 8.09. The van der Waals surface area contributed by atoms with Crippen LogP contribution in [0.15, 0.2) is 23.1 Å². The Morgan fingerprint density at radius 1 is 1.22 bits per heavy atom. The van der Waals surface area contributed by atoms with Crippen molar-refractivity contribution in [2.24, 2.45) is 0 Å². The van der Waals surface area contributed by atoms with Crippen LogP contribution in [0.1, 0.15) is 57.3 Å². The lowest BCUT2D eigenvalue weighted by atomic mass is 9.79. The van der Waals surface area contributed by atoms with Crippen LogP contribution in [0.2, 0.25) is 0 Å². The topological polar surface area (TPSA) is 55.8 Å². The zero-order chi connectivity index (χ0) is 16.8. The summed E-state index contributed by atoms with van der Waals surface area (Å²) in [6.45, 7) is 8.07. The lowest BCUT2D eigenvalue weighted by Gasteiger charge is -2.32. The van der Waals surface area contributed by atoms with Gasteiger partial charge in [-0.2, -0.15) is 0 Å². The molecule has 2 aliphatic rings. The SMILES string of the molecule is CC1(C)OB(c2ccc(C(=O)O)c(SC3CCC3)c2)OC1(C)C. The maximum Gasteiger partial charge on any atom is 0.494 e. The summed E-state index contributed by atoms with van der Waals surface area (Å²) >= 11 is 1.67. The van der Waals surface area contributed by atoms with Crippen molar-refractivity contribution in [3.63, 3.8) is 0 Å². The smallest absolute Gasteiger partial charge is 0.478 e. The molecule has 1 aliphatic carbocycles. The lowest BCUT2D eigenvalue weighted by molar-refractivity contribution is 0.00578. The zero-order valence-electron chi connectivity index (χ0n) is 14.1. The van der Waals surface area contributed by atoms with E-state index in [1.807, 2.05) is 33.8 Å². The Kier molecular flexibility index (Phi) is 4.28. The first kappa shape index (κ1) is 16.9. The molecule has 1 aliphatic heterocycles. The van der Waals surface area contributed by atoms with Gasteiger partial charge in [-0.15, -0.1) is 11.8 Å². The van der Waals surface area contributed by atoms with Crippen molar-refractivity contribution < 1.29 is 19.2 Å². The summed E-state index contributed by atoms with van der Waals surface area (Å²) in [5.41, 5.74) is 0.451. The number of carboxylic acids is 1. The molecule has 0 aromatic heterocycles. The highest BCUT2D eigenvalue weighted by Gasteiger charge is 2.51. The summed E-state index contributed by atoms with van der Waals surface area (Å²) < 4.78 is 12.1. The van der Waals surface area contributed by atoms with E-state index in [0.717, 1.165) is 23.2 Å². The molecular formula is C17H23BO4S. The minimum atomic E-state index is -0.882. The van der Waals surface area contributed by atoms with Gasteiger partial charge >= 0.3 is 13.1 Å². The molecule has 4 nitrogen and oxygen atoms in total. The molecule has 0 spiro atoms. The first-order valence-corrected chi connectivity index (χ1v) is 8.97. The molecule has 6 heteroatoms. The Hall–Kier alpha value is -0.975. The monoisotopic (exact) mass is 334 g/mol. The second-order valence-electron chi connectivity index (χ2n) is 7.32. The van der Waals surface area contributed by atoms with Crippen LogP contribution in [-0.2, 0) is 9.31 Å². The van der Waals surface area contributed by atoms with Gasteiger partial charge < -0.3 is 14.4 Å². The van der Waals surface area contributed by atoms with Crippen LogP contribution in [0, 0.1) is 0 Å². The highest BCUT2D eigenvalue weighted by Crippen LogP contribution is 2.39. The molecule has 1 heterocycles. The zero-order valence-corrected chi connectivity index (χ0v) is 14.9. The van der Waals surface area contributed by atoms with Crippen LogP contribution in [0.25, 0.3) is 0 Å². The van der Waals surface area contributed by atoms with Gasteiger partial charge in [0, 0.05) is 10.1 Å². The van der Waals surface area contributed by atoms with E-state index in [1.54, 1.807) is 23.9 Å². The number of carbonyl (C=O) groups is 1. The maximum atomic E-state index is 11.5. The molecule has 2 fully saturated rings. The van der Waals surface area contributed by atoms with E-state index < -0.39 is 24.3 Å². The molecule has 1 N–H and O–H groups in total. The van der Waals surface area contributed by atoms with Crippen LogP contribution >= 0.6 is 11.8 Å². The molecule has 0 radical (unpaired) electrons. The summed E-state index contributed by atoms with van der Waals surface area (Å²) in [7, 11) is -0.455. The standard InChI is InChI=1S/C17H23BO4S/c1-16(2)17(3,4)22-18(21-16)11-8-9-13(15(19)20)14(10-11)23-12-6-5-7-12/h8-10,12H,5-7H2,1-4H3,(H,19,20). The summed E-state index contributed by atoms with van der Waals surface area (Å²) in [5.74, 6) is -0.882. The Labute approximate surface area is 142 Å². The van der Waals surface area contributed by atoms with E-state index in [0.29, 0.717) is 10.8 Å². The highest BCUT2D eigenvalue weighted by molar-refractivity contribution is 8.00. The molecule has 1 saturated carbocycles. The number of rotatable bonds is 4. The first-order chi connectivity index (χ1) is 10.7. The quantitative estimate of drug-likeness (QED) is 0.856. The highest BCUT2D eigenvalue weighted by atomic mass is 32.2. The molecule has 1 saturated heterocycles. The predicted octanol–water partition coefficient (Wildman–Crippen LogP) is 3.33. The van der Waals surface area contributed by atoms with Crippen molar-refractivity contribution in [3.05, 3.63) is 23.8 Å². The average molecular weight is 334 g/mol. The summed E-state index contributed by atoms with van der Waals surface area (Å²) in [5, 5.41) is 9.95. The third-order valence-electron chi connectivity index (χ3n) is 5.11. The van der Waals surface area contributed by atoms with E-state index in [2.05, 4.69) is 0 Å². The van der Waals surface area contributed by atoms with Crippen LogP contribution in [-0.4, -0.2) is 34.6 Å². The second kappa shape index (κ2) is 5.83. The summed E-state index contributed by atoms with van der Waals surface area (Å²) in [6, 6.07) is 5.40. The molecule has 0 atom stereocenters. The van der Waals surface area contributed by atoms with Gasteiger partial charge in [0.25, 0.3) is 0 Å². The minimum absolute atomic E-state index is 0.363. The van der Waals surface area contributed by atoms with Crippen LogP contribution in [0.4, 0.5) is 0 Å². The van der Waals surface area contributed by atoms with E-state index in [4.69, 9.17) is 9.31 Å². The molecule has 0 amide bonds. The van der Waals surface area contributed by atoms with E-state index in [-0.39, 0.29) is 0 Å². The van der Waals surface area contributed by atoms with E-state index in [9.17, 15) is 9.90 Å². The van der Waals surface area contributed by atoms with Crippen LogP contribution in [0.5, 0.6) is 0 Å². The van der Waals surface area contributed by atoms with Gasteiger partial charge in [0.15, 0.2) is 0 Å². The Morgan fingerprint density at radius 3 is 2.30 bits per heavy atom. The number of hydrogen-bond acceptors (Lipinski definition) is 4. The van der Waals surface area contributed by atoms with Crippen molar-refractivity contribution in [2.75, 3.05) is 0 Å². The third-order valence-corrected chi connectivity index (χ3v) is 6.50. The van der Waals surface area contributed by atoms with Gasteiger partial charge in [0.1, 0.15) is 0 Å². The number of benzene rings is 1. The Balaban J connectivity index is 1.88. The number of hydrogen-bond donors (Lipinski definition) is 1. The van der Waals surface area contributed by atoms with Gasteiger partial charge in [-0.25, -0.2) is 4.79 Å². The molecular weight excluding hydrogens is 311 g/mol. The van der Waals surface area contributed by atoms with Crippen molar-refractivity contribution in [1.29, 1.82) is 0 Å². The molecule has 124 valence electrons. The number of thioether (sulfide) groups is 1. The van der Waals surface area contributed by atoms with E-state index in [1.165, 1.54) is 6.42 Å². The average Bonchev–Trinajstić information content (AvgIpc) is 2.62. The van der Waals surface area contributed by atoms with Gasteiger partial charge in [0.05, 0.1) is 16.8 Å². The molecule has 0 unspecified atom stereocenters. The fraction of sp³-hybridized carbons (Fsp3) is 0.588.